The second-order valence-corrected chi connectivity index (χ2v) is 11.6. The van der Waals surface area contributed by atoms with Crippen LogP contribution in [0.15, 0.2) is 41.6 Å². The van der Waals surface area contributed by atoms with E-state index in [9.17, 15) is 18.0 Å². The van der Waals surface area contributed by atoms with Gasteiger partial charge in [-0.3, -0.25) is 9.13 Å². The van der Waals surface area contributed by atoms with E-state index >= 15 is 0 Å². The Kier molecular flexibility index (Phi) is 5.08. The highest BCUT2D eigenvalue weighted by atomic mass is 32.2. The number of aromatic nitrogens is 6. The van der Waals surface area contributed by atoms with Gasteiger partial charge in [0.2, 0.25) is 5.95 Å². The van der Waals surface area contributed by atoms with Crippen LogP contribution in [0.1, 0.15) is 39.7 Å². The fraction of sp³-hybridized carbons (Fsp3) is 0.409. The van der Waals surface area contributed by atoms with E-state index in [1.54, 1.807) is 31.7 Å². The van der Waals surface area contributed by atoms with Crippen LogP contribution in [-0.4, -0.2) is 60.3 Å². The third-order valence-corrected chi connectivity index (χ3v) is 7.45. The predicted octanol–water partition coefficient (Wildman–Crippen LogP) is 2.46. The van der Waals surface area contributed by atoms with Crippen molar-refractivity contribution in [1.29, 1.82) is 0 Å². The van der Waals surface area contributed by atoms with E-state index < -0.39 is 33.3 Å². The number of carbonyl (C=O) groups excluding carboxylic acids is 1. The van der Waals surface area contributed by atoms with Crippen LogP contribution >= 0.6 is 0 Å². The molecule has 0 bridgehead atoms. The SMILES string of the molecule is CC(C)(C)OC(=O)n1c(=O)n(C2CCS(=O)(=O)CC2)c2nc(-n3cnc4ccccc43)ncc21. The summed E-state index contributed by atoms with van der Waals surface area (Å²) in [4.78, 5) is 39.8. The number of benzene rings is 1. The zero-order valence-electron chi connectivity index (χ0n) is 19.0. The Bertz CT molecular complexity index is 1580. The van der Waals surface area contributed by atoms with Gasteiger partial charge in [-0.25, -0.2) is 28.0 Å². The molecule has 0 unspecified atom stereocenters. The van der Waals surface area contributed by atoms with Gasteiger partial charge < -0.3 is 4.74 Å². The predicted molar refractivity (Wildman–Crippen MR) is 125 cm³/mol. The van der Waals surface area contributed by atoms with Gasteiger partial charge >= 0.3 is 11.8 Å². The number of carbonyl (C=O) groups is 1. The molecule has 1 aliphatic heterocycles. The average Bonchev–Trinajstić information content (AvgIpc) is 3.31. The zero-order valence-corrected chi connectivity index (χ0v) is 19.8. The van der Waals surface area contributed by atoms with Crippen molar-refractivity contribution in [2.24, 2.45) is 0 Å². The second-order valence-electron chi connectivity index (χ2n) is 9.33. The molecule has 0 atom stereocenters. The summed E-state index contributed by atoms with van der Waals surface area (Å²) in [6.07, 6.45) is 2.67. The Balaban J connectivity index is 1.70. The molecule has 4 heterocycles. The van der Waals surface area contributed by atoms with Crippen molar-refractivity contribution < 1.29 is 17.9 Å². The molecule has 0 N–H and O–H groups in total. The van der Waals surface area contributed by atoms with E-state index in [0.717, 1.165) is 15.6 Å². The van der Waals surface area contributed by atoms with Crippen LogP contribution < -0.4 is 5.69 Å². The van der Waals surface area contributed by atoms with Crippen LogP contribution in [0.5, 0.6) is 0 Å². The first-order valence-electron chi connectivity index (χ1n) is 10.9. The smallest absolute Gasteiger partial charge is 0.423 e. The Labute approximate surface area is 194 Å². The molecule has 4 aromatic rings. The summed E-state index contributed by atoms with van der Waals surface area (Å²) in [5, 5.41) is 0. The maximum Gasteiger partial charge on any atom is 0.423 e. The molecular formula is C22H24N6O5S. The van der Waals surface area contributed by atoms with E-state index in [4.69, 9.17) is 4.74 Å². The number of imidazole rings is 2. The Morgan fingerprint density at radius 1 is 1.09 bits per heavy atom. The molecule has 5 rings (SSSR count). The first-order valence-corrected chi connectivity index (χ1v) is 12.7. The molecule has 1 aliphatic rings. The highest BCUT2D eigenvalue weighted by molar-refractivity contribution is 7.91. The first kappa shape index (κ1) is 22.3. The van der Waals surface area contributed by atoms with Crippen molar-refractivity contribution in [3.8, 4) is 5.95 Å². The highest BCUT2D eigenvalue weighted by Crippen LogP contribution is 2.27. The molecule has 178 valence electrons. The molecule has 3 aromatic heterocycles. The number of hydrogen-bond acceptors (Lipinski definition) is 8. The van der Waals surface area contributed by atoms with Gasteiger partial charge in [0.05, 0.1) is 28.7 Å². The lowest BCUT2D eigenvalue weighted by Crippen LogP contribution is -2.37. The summed E-state index contributed by atoms with van der Waals surface area (Å²) in [7, 11) is -3.15. The molecule has 0 spiro atoms. The van der Waals surface area contributed by atoms with Crippen molar-refractivity contribution in [2.75, 3.05) is 11.5 Å². The van der Waals surface area contributed by atoms with Crippen LogP contribution in [0.2, 0.25) is 0 Å². The molecule has 11 nitrogen and oxygen atoms in total. The van der Waals surface area contributed by atoms with Crippen molar-refractivity contribution in [3.05, 3.63) is 47.3 Å². The first-order chi connectivity index (χ1) is 16.0. The number of para-hydroxylation sites is 2. The summed E-state index contributed by atoms with van der Waals surface area (Å²) in [6, 6.07) is 7.06. The fourth-order valence-corrected chi connectivity index (χ4v) is 5.64. The lowest BCUT2D eigenvalue weighted by Gasteiger charge is -2.23. The molecule has 34 heavy (non-hydrogen) atoms. The molecule has 0 amide bonds. The Hall–Kier alpha value is -3.54. The van der Waals surface area contributed by atoms with Crippen molar-refractivity contribution >= 4 is 38.1 Å². The molecule has 0 aliphatic carbocycles. The zero-order chi connectivity index (χ0) is 24.3. The largest absolute Gasteiger partial charge is 0.443 e. The average molecular weight is 485 g/mol. The minimum absolute atomic E-state index is 0.0344. The van der Waals surface area contributed by atoms with Gasteiger partial charge in [0, 0.05) is 6.04 Å². The Morgan fingerprint density at radius 2 is 1.79 bits per heavy atom. The summed E-state index contributed by atoms with van der Waals surface area (Å²) in [6.45, 7) is 5.12. The number of hydrogen-bond donors (Lipinski definition) is 0. The molecule has 1 fully saturated rings. The summed E-state index contributed by atoms with van der Waals surface area (Å²) >= 11 is 0. The van der Waals surface area contributed by atoms with Crippen molar-refractivity contribution in [2.45, 2.75) is 45.3 Å². The number of sulfone groups is 1. The molecule has 0 radical (unpaired) electrons. The molecule has 1 saturated heterocycles. The highest BCUT2D eigenvalue weighted by Gasteiger charge is 2.32. The van der Waals surface area contributed by atoms with Crippen LogP contribution in [-0.2, 0) is 14.6 Å². The van der Waals surface area contributed by atoms with Gasteiger partial charge in [-0.2, -0.15) is 9.55 Å². The van der Waals surface area contributed by atoms with E-state index in [-0.39, 0.29) is 41.5 Å². The third-order valence-electron chi connectivity index (χ3n) is 5.74. The standard InChI is InChI=1S/C22H24N6O5S/c1-22(2,3)33-21(30)28-17-12-23-19(26-13-24-15-6-4-5-7-16(15)26)25-18(17)27(20(28)29)14-8-10-34(31,32)11-9-14/h4-7,12-14H,8-11H2,1-3H3. The normalized spacial score (nSPS) is 16.8. The van der Waals surface area contributed by atoms with Crippen LogP contribution in [0.25, 0.3) is 28.1 Å². The van der Waals surface area contributed by atoms with E-state index in [0.29, 0.717) is 0 Å². The van der Waals surface area contributed by atoms with Crippen LogP contribution in [0, 0.1) is 0 Å². The van der Waals surface area contributed by atoms with E-state index in [1.165, 1.54) is 10.8 Å². The number of rotatable bonds is 2. The van der Waals surface area contributed by atoms with E-state index in [1.807, 2.05) is 24.3 Å². The van der Waals surface area contributed by atoms with Gasteiger partial charge in [0.25, 0.3) is 0 Å². The minimum atomic E-state index is -3.15. The Morgan fingerprint density at radius 3 is 2.50 bits per heavy atom. The lowest BCUT2D eigenvalue weighted by molar-refractivity contribution is 0.0536. The van der Waals surface area contributed by atoms with Crippen molar-refractivity contribution in [1.82, 2.24) is 28.7 Å². The monoisotopic (exact) mass is 484 g/mol. The van der Waals surface area contributed by atoms with Crippen LogP contribution in [0.4, 0.5) is 4.79 Å². The van der Waals surface area contributed by atoms with Gasteiger partial charge in [-0.05, 0) is 45.7 Å². The minimum Gasteiger partial charge on any atom is -0.443 e. The topological polar surface area (TPSA) is 131 Å². The summed E-state index contributed by atoms with van der Waals surface area (Å²) in [5.74, 6) is 0.209. The van der Waals surface area contributed by atoms with Gasteiger partial charge in [-0.1, -0.05) is 12.1 Å². The number of fused-ring (bicyclic) bond motifs is 2. The maximum atomic E-state index is 13.5. The van der Waals surface area contributed by atoms with Crippen molar-refractivity contribution in [3.63, 3.8) is 0 Å². The molecular weight excluding hydrogens is 460 g/mol. The molecule has 12 heteroatoms. The van der Waals surface area contributed by atoms with Crippen LogP contribution in [0.3, 0.4) is 0 Å². The quantitative estimate of drug-likeness (QED) is 0.424. The van der Waals surface area contributed by atoms with Gasteiger partial charge in [0.15, 0.2) is 5.65 Å². The third kappa shape index (κ3) is 3.87. The summed E-state index contributed by atoms with van der Waals surface area (Å²) in [5.41, 5.74) is 0.526. The van der Waals surface area contributed by atoms with E-state index in [2.05, 4.69) is 15.0 Å². The fourth-order valence-electron chi connectivity index (χ4n) is 4.18. The number of ether oxygens (including phenoxy) is 1. The second kappa shape index (κ2) is 7.76. The molecule has 1 aromatic carbocycles. The molecule has 0 saturated carbocycles. The van der Waals surface area contributed by atoms with Gasteiger partial charge in [-0.15, -0.1) is 0 Å². The van der Waals surface area contributed by atoms with Gasteiger partial charge in [0.1, 0.15) is 27.3 Å². The number of nitrogens with zero attached hydrogens (tertiary/aromatic N) is 6. The maximum absolute atomic E-state index is 13.5. The lowest BCUT2D eigenvalue weighted by atomic mass is 10.1. The summed E-state index contributed by atoms with van der Waals surface area (Å²) < 4.78 is 33.4.